The maximum absolute atomic E-state index is 12.9. The van der Waals surface area contributed by atoms with E-state index in [1.165, 1.54) is 6.92 Å². The Balaban J connectivity index is 1.83. The summed E-state index contributed by atoms with van der Waals surface area (Å²) in [4.78, 5) is 25.9. The first-order valence-electron chi connectivity index (χ1n) is 11.6. The Morgan fingerprint density at radius 1 is 1.17 bits per heavy atom. The van der Waals surface area contributed by atoms with Gasteiger partial charge in [-0.3, -0.25) is 9.59 Å². The Morgan fingerprint density at radius 2 is 1.89 bits per heavy atom. The van der Waals surface area contributed by atoms with Crippen molar-refractivity contribution in [2.75, 3.05) is 26.8 Å². The van der Waals surface area contributed by atoms with Gasteiger partial charge in [-0.25, -0.2) is 0 Å². The minimum Gasteiger partial charge on any atom is -0.493 e. The number of hydrogen-bond acceptors (Lipinski definition) is 6. The van der Waals surface area contributed by atoms with E-state index in [-0.39, 0.29) is 18.4 Å². The van der Waals surface area contributed by atoms with Crippen molar-refractivity contribution in [3.05, 3.63) is 59.7 Å². The van der Waals surface area contributed by atoms with Gasteiger partial charge < -0.3 is 24.2 Å². The molecule has 0 spiro atoms. The lowest BCUT2D eigenvalue weighted by molar-refractivity contribution is -0.157. The highest BCUT2D eigenvalue weighted by Gasteiger charge is 2.49. The molecule has 2 aromatic rings. The van der Waals surface area contributed by atoms with Crippen molar-refractivity contribution in [2.45, 2.75) is 45.8 Å². The van der Waals surface area contributed by atoms with Crippen molar-refractivity contribution in [2.24, 2.45) is 5.41 Å². The van der Waals surface area contributed by atoms with Crippen LogP contribution in [-0.2, 0) is 14.3 Å². The number of carbonyl (C=O) groups excluding carboxylic acids is 2. The SMILES string of the molecule is COc1ccc([C@@H]2CN(C(=O)[C@H](C)OC(C)=O)C[C@@]2(C)[C@@H](C)O)cc1OCC#Cc1ccccc1. The lowest BCUT2D eigenvalue weighted by Crippen LogP contribution is -2.41. The van der Waals surface area contributed by atoms with Crippen molar-refractivity contribution in [1.29, 1.82) is 0 Å². The molecule has 0 saturated carbocycles. The monoisotopic (exact) mass is 479 g/mol. The van der Waals surface area contributed by atoms with E-state index in [1.807, 2.05) is 55.5 Å². The summed E-state index contributed by atoms with van der Waals surface area (Å²) in [5.41, 5.74) is 1.21. The van der Waals surface area contributed by atoms with Crippen LogP contribution in [0.15, 0.2) is 48.5 Å². The molecule has 35 heavy (non-hydrogen) atoms. The number of aliphatic hydroxyl groups excluding tert-OH is 1. The molecule has 1 aliphatic rings. The first kappa shape index (κ1) is 26.1. The molecule has 0 aliphatic carbocycles. The fraction of sp³-hybridized carbons (Fsp3) is 0.429. The fourth-order valence-electron chi connectivity index (χ4n) is 4.44. The molecule has 186 valence electrons. The molecule has 0 bridgehead atoms. The number of benzene rings is 2. The highest BCUT2D eigenvalue weighted by atomic mass is 16.5. The third-order valence-corrected chi connectivity index (χ3v) is 6.58. The summed E-state index contributed by atoms with van der Waals surface area (Å²) in [6, 6.07) is 15.3. The molecule has 1 saturated heterocycles. The Hall–Kier alpha value is -3.50. The number of aliphatic hydroxyl groups is 1. The molecule has 7 nitrogen and oxygen atoms in total. The Morgan fingerprint density at radius 3 is 2.51 bits per heavy atom. The highest BCUT2D eigenvalue weighted by Crippen LogP contribution is 2.47. The van der Waals surface area contributed by atoms with Crippen LogP contribution in [0.5, 0.6) is 11.5 Å². The number of amides is 1. The van der Waals surface area contributed by atoms with Crippen molar-refractivity contribution >= 4 is 11.9 Å². The number of ether oxygens (including phenoxy) is 3. The molecule has 4 atom stereocenters. The number of rotatable bonds is 7. The van der Waals surface area contributed by atoms with E-state index in [1.54, 1.807) is 25.9 Å². The molecular weight excluding hydrogens is 446 g/mol. The van der Waals surface area contributed by atoms with Crippen molar-refractivity contribution < 1.29 is 28.9 Å². The summed E-state index contributed by atoms with van der Waals surface area (Å²) in [7, 11) is 1.57. The van der Waals surface area contributed by atoms with Crippen LogP contribution >= 0.6 is 0 Å². The number of carbonyl (C=O) groups is 2. The zero-order valence-corrected chi connectivity index (χ0v) is 20.9. The van der Waals surface area contributed by atoms with E-state index in [2.05, 4.69) is 11.8 Å². The second kappa shape index (κ2) is 11.3. The predicted octanol–water partition coefficient (Wildman–Crippen LogP) is 3.39. The van der Waals surface area contributed by atoms with Crippen LogP contribution in [0.3, 0.4) is 0 Å². The summed E-state index contributed by atoms with van der Waals surface area (Å²) >= 11 is 0. The van der Waals surface area contributed by atoms with Crippen LogP contribution in [0, 0.1) is 17.3 Å². The van der Waals surface area contributed by atoms with Crippen molar-refractivity contribution in [1.82, 2.24) is 4.90 Å². The third-order valence-electron chi connectivity index (χ3n) is 6.58. The van der Waals surface area contributed by atoms with E-state index in [4.69, 9.17) is 14.2 Å². The summed E-state index contributed by atoms with van der Waals surface area (Å²) in [6.45, 7) is 7.43. The van der Waals surface area contributed by atoms with Gasteiger partial charge in [-0.15, -0.1) is 0 Å². The van der Waals surface area contributed by atoms with Crippen LogP contribution < -0.4 is 9.47 Å². The summed E-state index contributed by atoms with van der Waals surface area (Å²) in [5.74, 6) is 6.23. The van der Waals surface area contributed by atoms with Gasteiger partial charge >= 0.3 is 5.97 Å². The topological polar surface area (TPSA) is 85.3 Å². The number of esters is 1. The number of likely N-dealkylation sites (tertiary alicyclic amines) is 1. The van der Waals surface area contributed by atoms with Gasteiger partial charge in [-0.2, -0.15) is 0 Å². The van der Waals surface area contributed by atoms with Gasteiger partial charge in [0.05, 0.1) is 13.2 Å². The van der Waals surface area contributed by atoms with Gasteiger partial charge in [-0.05, 0) is 43.7 Å². The van der Waals surface area contributed by atoms with E-state index in [0.717, 1.165) is 11.1 Å². The molecule has 1 amide bonds. The first-order chi connectivity index (χ1) is 16.7. The summed E-state index contributed by atoms with van der Waals surface area (Å²) in [5, 5.41) is 10.7. The first-order valence-corrected chi connectivity index (χ1v) is 11.6. The molecule has 1 fully saturated rings. The molecule has 1 N–H and O–H groups in total. The number of hydrogen-bond donors (Lipinski definition) is 1. The van der Waals surface area contributed by atoms with Gasteiger partial charge in [0.15, 0.2) is 17.6 Å². The molecule has 1 aliphatic heterocycles. The predicted molar refractivity (Wildman–Crippen MR) is 132 cm³/mol. The average molecular weight is 480 g/mol. The average Bonchev–Trinajstić information content (AvgIpc) is 3.20. The third kappa shape index (κ3) is 6.14. The molecule has 2 aromatic carbocycles. The normalized spacial score (nSPS) is 20.9. The Labute approximate surface area is 207 Å². The van der Waals surface area contributed by atoms with Gasteiger partial charge in [0.2, 0.25) is 0 Å². The summed E-state index contributed by atoms with van der Waals surface area (Å²) in [6.07, 6.45) is -1.57. The standard InChI is InChI=1S/C28H33NO6/c1-19(35-21(3)31)27(32)29-17-24(28(4,18-29)20(2)30)23-13-14-25(33-5)26(16-23)34-15-9-12-22-10-7-6-8-11-22/h6-8,10-11,13-14,16,19-20,24,30H,15,17-18H2,1-5H3/t19-,20+,24-,28-/m0/s1. The van der Waals surface area contributed by atoms with Crippen molar-refractivity contribution in [3.63, 3.8) is 0 Å². The van der Waals surface area contributed by atoms with E-state index >= 15 is 0 Å². The van der Waals surface area contributed by atoms with Gasteiger partial charge in [0, 0.05) is 36.9 Å². The quantitative estimate of drug-likeness (QED) is 0.484. The van der Waals surface area contributed by atoms with Crippen LogP contribution in [0.25, 0.3) is 0 Å². The van der Waals surface area contributed by atoms with Crippen LogP contribution in [0.1, 0.15) is 44.7 Å². The maximum Gasteiger partial charge on any atom is 0.303 e. The van der Waals surface area contributed by atoms with Gasteiger partial charge in [-0.1, -0.05) is 43.0 Å². The lowest BCUT2D eigenvalue weighted by atomic mass is 9.72. The summed E-state index contributed by atoms with van der Waals surface area (Å²) < 4.78 is 16.5. The smallest absolute Gasteiger partial charge is 0.303 e. The minimum atomic E-state index is -0.887. The Bertz CT molecular complexity index is 1100. The molecule has 0 aromatic heterocycles. The van der Waals surface area contributed by atoms with E-state index in [9.17, 15) is 14.7 Å². The molecule has 3 rings (SSSR count). The fourth-order valence-corrected chi connectivity index (χ4v) is 4.44. The second-order valence-corrected chi connectivity index (χ2v) is 9.07. The minimum absolute atomic E-state index is 0.167. The molecular formula is C28H33NO6. The van der Waals surface area contributed by atoms with Crippen LogP contribution in [0.4, 0.5) is 0 Å². The molecule has 7 heteroatoms. The zero-order chi connectivity index (χ0) is 25.6. The largest absolute Gasteiger partial charge is 0.493 e. The lowest BCUT2D eigenvalue weighted by Gasteiger charge is -2.34. The second-order valence-electron chi connectivity index (χ2n) is 9.07. The van der Waals surface area contributed by atoms with E-state index in [0.29, 0.717) is 24.6 Å². The van der Waals surface area contributed by atoms with Crippen molar-refractivity contribution in [3.8, 4) is 23.3 Å². The van der Waals surface area contributed by atoms with E-state index < -0.39 is 23.6 Å². The van der Waals surface area contributed by atoms with Gasteiger partial charge in [0.25, 0.3) is 5.91 Å². The van der Waals surface area contributed by atoms with Gasteiger partial charge in [0.1, 0.15) is 6.61 Å². The molecule has 0 unspecified atom stereocenters. The maximum atomic E-state index is 12.9. The Kier molecular flexibility index (Phi) is 8.42. The molecule has 1 heterocycles. The zero-order valence-electron chi connectivity index (χ0n) is 20.9. The molecule has 0 radical (unpaired) electrons. The van der Waals surface area contributed by atoms with Crippen LogP contribution in [-0.4, -0.2) is 60.9 Å². The van der Waals surface area contributed by atoms with Crippen LogP contribution in [0.2, 0.25) is 0 Å². The number of methoxy groups -OCH3 is 1. The highest BCUT2D eigenvalue weighted by molar-refractivity contribution is 5.83. The number of nitrogens with zero attached hydrogens (tertiary/aromatic N) is 1.